The molecule has 0 aliphatic rings. The number of halogens is 1. The largest absolute Gasteiger partial charge is 0.393 e. The second-order valence-corrected chi connectivity index (χ2v) is 4.42. The molecule has 0 saturated heterocycles. The second-order valence-electron chi connectivity index (χ2n) is 4.04. The van der Waals surface area contributed by atoms with Gasteiger partial charge in [0, 0.05) is 5.88 Å². The van der Waals surface area contributed by atoms with E-state index in [-0.39, 0.29) is 6.10 Å². The summed E-state index contributed by atoms with van der Waals surface area (Å²) in [5.41, 5.74) is 0. The van der Waals surface area contributed by atoms with Crippen LogP contribution in [-0.4, -0.2) is 17.1 Å². The van der Waals surface area contributed by atoms with Crippen LogP contribution in [0.15, 0.2) is 0 Å². The summed E-state index contributed by atoms with van der Waals surface area (Å²) in [6, 6.07) is 0. The van der Waals surface area contributed by atoms with Crippen LogP contribution in [0, 0.1) is 0 Å². The lowest BCUT2D eigenvalue weighted by Crippen LogP contribution is -2.06. The normalized spacial score (nSPS) is 13.1. The van der Waals surface area contributed by atoms with Crippen LogP contribution in [0.5, 0.6) is 0 Å². The molecule has 0 heterocycles. The van der Waals surface area contributed by atoms with Crippen molar-refractivity contribution in [3.63, 3.8) is 0 Å². The molecule has 0 aliphatic carbocycles. The molecular weight excluding hydrogens is 196 g/mol. The van der Waals surface area contributed by atoms with Crippen molar-refractivity contribution in [3.05, 3.63) is 0 Å². The topological polar surface area (TPSA) is 20.2 Å². The van der Waals surface area contributed by atoms with E-state index in [0.717, 1.165) is 19.3 Å². The Bertz CT molecular complexity index is 106. The van der Waals surface area contributed by atoms with Gasteiger partial charge in [-0.15, -0.1) is 11.6 Å². The van der Waals surface area contributed by atoms with E-state index in [1.807, 2.05) is 0 Å². The van der Waals surface area contributed by atoms with E-state index in [4.69, 9.17) is 11.6 Å². The van der Waals surface area contributed by atoms with Crippen molar-refractivity contribution in [1.29, 1.82) is 0 Å². The molecule has 0 amide bonds. The molecule has 0 bridgehead atoms. The van der Waals surface area contributed by atoms with Gasteiger partial charge in [0.25, 0.3) is 0 Å². The Morgan fingerprint density at radius 2 is 1.50 bits per heavy atom. The minimum Gasteiger partial charge on any atom is -0.393 e. The van der Waals surface area contributed by atoms with Crippen LogP contribution < -0.4 is 0 Å². The predicted molar refractivity (Wildman–Crippen MR) is 64.0 cm³/mol. The monoisotopic (exact) mass is 220 g/mol. The fraction of sp³-hybridized carbons (Fsp3) is 1.00. The summed E-state index contributed by atoms with van der Waals surface area (Å²) >= 11 is 5.53. The number of hydrogen-bond acceptors (Lipinski definition) is 1. The number of hydrogen-bond donors (Lipinski definition) is 1. The van der Waals surface area contributed by atoms with E-state index in [1.54, 1.807) is 0 Å². The first-order valence-electron chi connectivity index (χ1n) is 6.05. The summed E-state index contributed by atoms with van der Waals surface area (Å²) in [5, 5.41) is 9.41. The second kappa shape index (κ2) is 11.3. The van der Waals surface area contributed by atoms with Crippen LogP contribution >= 0.6 is 11.6 Å². The SMILES string of the molecule is CCCCCCCCCC(O)CCCl. The lowest BCUT2D eigenvalue weighted by molar-refractivity contribution is 0.157. The van der Waals surface area contributed by atoms with Crippen molar-refractivity contribution in [2.45, 2.75) is 70.8 Å². The fourth-order valence-electron chi connectivity index (χ4n) is 1.61. The standard InChI is InChI=1S/C12H25ClO/c1-2-3-4-5-6-7-8-9-12(14)10-11-13/h12,14H,2-11H2,1H3. The van der Waals surface area contributed by atoms with E-state index in [2.05, 4.69) is 6.92 Å². The van der Waals surface area contributed by atoms with Gasteiger partial charge < -0.3 is 5.11 Å². The van der Waals surface area contributed by atoms with Crippen LogP contribution in [-0.2, 0) is 0 Å². The molecule has 2 heteroatoms. The molecule has 1 nitrogen and oxygen atoms in total. The third-order valence-electron chi connectivity index (χ3n) is 2.58. The maximum atomic E-state index is 9.41. The highest BCUT2D eigenvalue weighted by molar-refractivity contribution is 6.17. The van der Waals surface area contributed by atoms with Gasteiger partial charge in [0.1, 0.15) is 0 Å². The Kier molecular flexibility index (Phi) is 11.5. The Hall–Kier alpha value is 0.250. The minimum absolute atomic E-state index is 0.164. The molecule has 0 aliphatic heterocycles. The molecule has 0 aromatic carbocycles. The summed E-state index contributed by atoms with van der Waals surface area (Å²) < 4.78 is 0. The lowest BCUT2D eigenvalue weighted by Gasteiger charge is -2.07. The van der Waals surface area contributed by atoms with Crippen molar-refractivity contribution in [2.75, 3.05) is 5.88 Å². The predicted octanol–water partition coefficient (Wildman–Crippen LogP) is 4.12. The van der Waals surface area contributed by atoms with E-state index in [0.29, 0.717) is 5.88 Å². The zero-order valence-electron chi connectivity index (χ0n) is 9.47. The van der Waals surface area contributed by atoms with Gasteiger partial charge in [-0.1, -0.05) is 51.9 Å². The lowest BCUT2D eigenvalue weighted by atomic mass is 10.1. The van der Waals surface area contributed by atoms with E-state index < -0.39 is 0 Å². The van der Waals surface area contributed by atoms with Crippen molar-refractivity contribution in [2.24, 2.45) is 0 Å². The van der Waals surface area contributed by atoms with Gasteiger partial charge in [-0.2, -0.15) is 0 Å². The first-order valence-corrected chi connectivity index (χ1v) is 6.58. The molecule has 0 aromatic heterocycles. The smallest absolute Gasteiger partial charge is 0.0551 e. The highest BCUT2D eigenvalue weighted by Crippen LogP contribution is 2.11. The first kappa shape index (κ1) is 14.2. The minimum atomic E-state index is -0.164. The average Bonchev–Trinajstić information content (AvgIpc) is 2.17. The Balaban J connectivity index is 2.98. The van der Waals surface area contributed by atoms with Crippen LogP contribution in [0.4, 0.5) is 0 Å². The summed E-state index contributed by atoms with van der Waals surface area (Å²) in [4.78, 5) is 0. The number of unbranched alkanes of at least 4 members (excludes halogenated alkanes) is 6. The molecule has 1 atom stereocenters. The van der Waals surface area contributed by atoms with Gasteiger partial charge in [0.15, 0.2) is 0 Å². The molecule has 1 N–H and O–H groups in total. The zero-order chi connectivity index (χ0) is 10.6. The first-order chi connectivity index (χ1) is 6.81. The summed E-state index contributed by atoms with van der Waals surface area (Å²) in [6.45, 7) is 2.24. The quantitative estimate of drug-likeness (QED) is 0.434. The Morgan fingerprint density at radius 3 is 2.07 bits per heavy atom. The molecule has 0 saturated carbocycles. The molecule has 0 spiro atoms. The number of aliphatic hydroxyl groups is 1. The molecule has 86 valence electrons. The number of aliphatic hydroxyl groups excluding tert-OH is 1. The van der Waals surface area contributed by atoms with Crippen LogP contribution in [0.25, 0.3) is 0 Å². The van der Waals surface area contributed by atoms with Gasteiger partial charge in [-0.3, -0.25) is 0 Å². The van der Waals surface area contributed by atoms with Gasteiger partial charge in [0.2, 0.25) is 0 Å². The van der Waals surface area contributed by atoms with Gasteiger partial charge >= 0.3 is 0 Å². The average molecular weight is 221 g/mol. The van der Waals surface area contributed by atoms with Crippen LogP contribution in [0.2, 0.25) is 0 Å². The van der Waals surface area contributed by atoms with Gasteiger partial charge in [0.05, 0.1) is 6.10 Å². The van der Waals surface area contributed by atoms with Gasteiger partial charge in [-0.25, -0.2) is 0 Å². The summed E-state index contributed by atoms with van der Waals surface area (Å²) in [5.74, 6) is 0.581. The van der Waals surface area contributed by atoms with E-state index in [9.17, 15) is 5.11 Å². The number of alkyl halides is 1. The molecule has 0 rings (SSSR count). The highest BCUT2D eigenvalue weighted by Gasteiger charge is 2.01. The van der Waals surface area contributed by atoms with Crippen LogP contribution in [0.1, 0.15) is 64.7 Å². The maximum absolute atomic E-state index is 9.41. The summed E-state index contributed by atoms with van der Waals surface area (Å²) in [6.07, 6.45) is 10.7. The fourth-order valence-corrected chi connectivity index (χ4v) is 1.86. The maximum Gasteiger partial charge on any atom is 0.0551 e. The highest BCUT2D eigenvalue weighted by atomic mass is 35.5. The Morgan fingerprint density at radius 1 is 0.929 bits per heavy atom. The van der Waals surface area contributed by atoms with Crippen molar-refractivity contribution in [3.8, 4) is 0 Å². The summed E-state index contributed by atoms with van der Waals surface area (Å²) in [7, 11) is 0. The third-order valence-corrected chi connectivity index (χ3v) is 2.80. The Labute approximate surface area is 93.9 Å². The van der Waals surface area contributed by atoms with E-state index in [1.165, 1.54) is 38.5 Å². The van der Waals surface area contributed by atoms with Crippen molar-refractivity contribution in [1.82, 2.24) is 0 Å². The van der Waals surface area contributed by atoms with Crippen LogP contribution in [0.3, 0.4) is 0 Å². The zero-order valence-corrected chi connectivity index (χ0v) is 10.2. The molecular formula is C12H25ClO. The third kappa shape index (κ3) is 10.3. The molecule has 1 unspecified atom stereocenters. The molecule has 0 fully saturated rings. The molecule has 0 aromatic rings. The molecule has 14 heavy (non-hydrogen) atoms. The van der Waals surface area contributed by atoms with Crippen molar-refractivity contribution < 1.29 is 5.11 Å². The number of rotatable bonds is 10. The van der Waals surface area contributed by atoms with Crippen molar-refractivity contribution >= 4 is 11.6 Å². The van der Waals surface area contributed by atoms with Gasteiger partial charge in [-0.05, 0) is 12.8 Å². The van der Waals surface area contributed by atoms with E-state index >= 15 is 0 Å². The molecule has 0 radical (unpaired) electrons.